The van der Waals surface area contributed by atoms with E-state index in [0.29, 0.717) is 0 Å². The van der Waals surface area contributed by atoms with Gasteiger partial charge in [-0.2, -0.15) is 0 Å². The number of carboxylic acids is 1. The number of carboxylic acid groups (broad SMARTS) is 1. The monoisotopic (exact) mass is 221 g/mol. The normalized spacial score (nSPS) is 10.4. The van der Waals surface area contributed by atoms with Crippen LogP contribution < -0.4 is 10.8 Å². The number of hydrogen-bond donors (Lipinski definition) is 1. The summed E-state index contributed by atoms with van der Waals surface area (Å²) in [4.78, 5) is 9.13. The molecule has 0 unspecified atom stereocenters. The van der Waals surface area contributed by atoms with Crippen LogP contribution in [0.1, 0.15) is 27.7 Å². The molecule has 4 heteroatoms. The van der Waals surface area contributed by atoms with Crippen molar-refractivity contribution < 1.29 is 9.90 Å². The van der Waals surface area contributed by atoms with Gasteiger partial charge in [0.1, 0.15) is 0 Å². The Morgan fingerprint density at radius 2 is 1.29 bits per heavy atom. The highest BCUT2D eigenvalue weighted by atomic mass is 31.2. The van der Waals surface area contributed by atoms with Crippen LogP contribution in [0.4, 0.5) is 0 Å². The summed E-state index contributed by atoms with van der Waals surface area (Å²) < 4.78 is 0. The maximum absolute atomic E-state index is 9.13. The minimum absolute atomic E-state index is 0.389. The lowest BCUT2D eigenvalue weighted by molar-refractivity contribution is -0.303. The molecule has 0 aliphatic heterocycles. The van der Waals surface area contributed by atoms with Crippen molar-refractivity contribution in [2.24, 2.45) is 5.73 Å². The van der Waals surface area contributed by atoms with Gasteiger partial charge in [-0.25, -0.2) is 0 Å². The lowest BCUT2D eigenvalue weighted by Crippen LogP contribution is -2.30. The highest BCUT2D eigenvalue weighted by Crippen LogP contribution is 2.57. The Bertz CT molecular complexity index is 130. The molecule has 0 saturated carbocycles. The molecule has 0 heterocycles. The number of hydrogen-bond acceptors (Lipinski definition) is 3. The predicted octanol–water partition coefficient (Wildman–Crippen LogP) is 0.779. The van der Waals surface area contributed by atoms with Crippen molar-refractivity contribution in [1.29, 1.82) is 0 Å². The average molecular weight is 221 g/mol. The fourth-order valence-corrected chi connectivity index (χ4v) is 4.02. The summed E-state index contributed by atoms with van der Waals surface area (Å²) in [5, 5.41) is 9.13. The van der Waals surface area contributed by atoms with E-state index < -0.39 is 13.2 Å². The molecule has 0 atom stereocenters. The van der Waals surface area contributed by atoms with E-state index in [9.17, 15) is 0 Å². The minimum Gasteiger partial charge on any atom is -0.549 e. The van der Waals surface area contributed by atoms with Gasteiger partial charge in [-0.1, -0.05) is 0 Å². The van der Waals surface area contributed by atoms with E-state index in [1.165, 1.54) is 24.6 Å². The molecule has 0 fully saturated rings. The summed E-state index contributed by atoms with van der Waals surface area (Å²) in [7, 11) is -0.420. The van der Waals surface area contributed by atoms with E-state index in [0.717, 1.165) is 0 Å². The maximum Gasteiger partial charge on any atom is 0.0565 e. The molecule has 0 spiro atoms. The highest BCUT2D eigenvalue weighted by Gasteiger charge is 2.27. The third-order valence-corrected chi connectivity index (χ3v) is 8.22. The third-order valence-electron chi connectivity index (χ3n) is 2.85. The third kappa shape index (κ3) is 7.28. The number of rotatable bonds is 5. The van der Waals surface area contributed by atoms with Gasteiger partial charge >= 0.3 is 0 Å². The molecule has 0 aliphatic rings. The summed E-state index contributed by atoms with van der Waals surface area (Å²) in [6.07, 6.45) is 5.82. The van der Waals surface area contributed by atoms with E-state index in [-0.39, 0.29) is 6.54 Å². The highest BCUT2D eigenvalue weighted by molar-refractivity contribution is 7.75. The van der Waals surface area contributed by atoms with E-state index >= 15 is 0 Å². The van der Waals surface area contributed by atoms with Crippen LogP contribution in [0.25, 0.3) is 0 Å². The quantitative estimate of drug-likeness (QED) is 0.698. The van der Waals surface area contributed by atoms with Gasteiger partial charge in [-0.3, -0.25) is 0 Å². The molecular weight excluding hydrogens is 197 g/mol. The zero-order valence-electron chi connectivity index (χ0n) is 9.88. The Morgan fingerprint density at radius 1 is 1.07 bits per heavy atom. The summed E-state index contributed by atoms with van der Waals surface area (Å²) >= 11 is 0. The summed E-state index contributed by atoms with van der Waals surface area (Å²) in [6.45, 7) is 9.02. The summed E-state index contributed by atoms with van der Waals surface area (Å²) in [5.74, 6) is -1.22. The van der Waals surface area contributed by atoms with Crippen LogP contribution in [0.3, 0.4) is 0 Å². The first-order valence-electron chi connectivity index (χ1n) is 5.26. The second kappa shape index (κ2) is 9.42. The van der Waals surface area contributed by atoms with Gasteiger partial charge in [0.05, 0.1) is 30.6 Å². The van der Waals surface area contributed by atoms with Gasteiger partial charge in [0.2, 0.25) is 0 Å². The zero-order valence-corrected chi connectivity index (χ0v) is 10.8. The van der Waals surface area contributed by atoms with Crippen LogP contribution >= 0.6 is 7.26 Å². The second-order valence-electron chi connectivity index (χ2n) is 3.18. The van der Waals surface area contributed by atoms with Gasteiger partial charge in [-0.05, 0) is 27.7 Å². The van der Waals surface area contributed by atoms with Crippen LogP contribution in [0, 0.1) is 0 Å². The Morgan fingerprint density at radius 3 is 1.29 bits per heavy atom. The molecule has 0 aromatic heterocycles. The Balaban J connectivity index is 0. The maximum atomic E-state index is 9.13. The topological polar surface area (TPSA) is 66.2 Å². The molecule has 0 bridgehead atoms. The fourth-order valence-electron chi connectivity index (χ4n) is 1.34. The fraction of sp³-hybridized carbons (Fsp3) is 0.900. The van der Waals surface area contributed by atoms with E-state index in [2.05, 4.69) is 33.4 Å². The van der Waals surface area contributed by atoms with Gasteiger partial charge in [0.25, 0.3) is 0 Å². The second-order valence-corrected chi connectivity index (χ2v) is 8.40. The Hall–Kier alpha value is -0.140. The minimum atomic E-state index is -1.22. The van der Waals surface area contributed by atoms with Crippen molar-refractivity contribution in [1.82, 2.24) is 0 Å². The van der Waals surface area contributed by atoms with Crippen molar-refractivity contribution in [2.75, 3.05) is 31.2 Å². The van der Waals surface area contributed by atoms with Gasteiger partial charge < -0.3 is 15.6 Å². The molecule has 0 aliphatic carbocycles. The van der Waals surface area contributed by atoms with Crippen LogP contribution in [0.2, 0.25) is 0 Å². The van der Waals surface area contributed by atoms with Crippen molar-refractivity contribution in [2.45, 2.75) is 27.7 Å². The van der Waals surface area contributed by atoms with Crippen molar-refractivity contribution >= 4 is 13.2 Å². The molecule has 0 aromatic carbocycles. The number of aliphatic carboxylic acids is 1. The molecule has 0 saturated heterocycles. The predicted molar refractivity (Wildman–Crippen MR) is 63.1 cm³/mol. The molecule has 2 N–H and O–H groups in total. The first-order valence-corrected chi connectivity index (χ1v) is 7.79. The zero-order chi connectivity index (χ0) is 11.6. The smallest absolute Gasteiger partial charge is 0.0565 e. The van der Waals surface area contributed by atoms with Crippen LogP contribution in [-0.4, -0.2) is 37.2 Å². The first kappa shape index (κ1) is 16.3. The molecule has 14 heavy (non-hydrogen) atoms. The molecular formula is C10H24NO2P. The standard InChI is InChI=1S/C8H20P.C2H5NO2/c1-5-9(6-2,7-3)8-4;3-1-2(4)5/h5-8H2,1-4H3;1,3H2,(H,4,5)/q+1;/p-1. The SMILES string of the molecule is CC[P+](CC)(CC)CC.NCC(=O)[O-]. The molecule has 0 aromatic rings. The number of nitrogens with two attached hydrogens (primary N) is 1. The summed E-state index contributed by atoms with van der Waals surface area (Å²) in [5.41, 5.74) is 4.51. The molecule has 3 nitrogen and oxygen atoms in total. The van der Waals surface area contributed by atoms with Crippen molar-refractivity contribution in [3.63, 3.8) is 0 Å². The summed E-state index contributed by atoms with van der Waals surface area (Å²) in [6, 6.07) is 0. The molecule has 0 rings (SSSR count). The van der Waals surface area contributed by atoms with E-state index in [4.69, 9.17) is 9.90 Å². The Labute approximate surface area is 88.4 Å². The molecule has 86 valence electrons. The van der Waals surface area contributed by atoms with Gasteiger partial charge in [-0.15, -0.1) is 0 Å². The molecule has 0 amide bonds. The lowest BCUT2D eigenvalue weighted by atomic mass is 10.7. The first-order chi connectivity index (χ1) is 6.51. The lowest BCUT2D eigenvalue weighted by Gasteiger charge is -2.20. The average Bonchev–Trinajstić information content (AvgIpc) is 2.23. The van der Waals surface area contributed by atoms with Gasteiger partial charge in [0.15, 0.2) is 0 Å². The van der Waals surface area contributed by atoms with E-state index in [1.54, 1.807) is 0 Å². The van der Waals surface area contributed by atoms with Gasteiger partial charge in [0, 0.05) is 13.8 Å². The van der Waals surface area contributed by atoms with Crippen molar-refractivity contribution in [3.8, 4) is 0 Å². The number of carbonyl (C=O) groups excluding carboxylic acids is 1. The molecule has 0 radical (unpaired) electrons. The largest absolute Gasteiger partial charge is 0.549 e. The number of carbonyl (C=O) groups is 1. The van der Waals surface area contributed by atoms with Crippen LogP contribution in [0.5, 0.6) is 0 Å². The van der Waals surface area contributed by atoms with E-state index in [1.807, 2.05) is 0 Å². The van der Waals surface area contributed by atoms with Crippen LogP contribution in [-0.2, 0) is 4.79 Å². The Kier molecular flexibility index (Phi) is 11.0. The van der Waals surface area contributed by atoms with Crippen molar-refractivity contribution in [3.05, 3.63) is 0 Å². The van der Waals surface area contributed by atoms with Crippen LogP contribution in [0.15, 0.2) is 0 Å².